The lowest BCUT2D eigenvalue weighted by Crippen LogP contribution is -1.91. The molecule has 5 heteroatoms. The van der Waals surface area contributed by atoms with Crippen LogP contribution in [0.15, 0.2) is 27.8 Å². The molecule has 1 aromatic heterocycles. The van der Waals surface area contributed by atoms with Crippen molar-refractivity contribution in [1.29, 1.82) is 0 Å². The standard InChI is InChI=1S/C10H11N3OS/c1-6-7(4-3-5-8(6)11)9-12-13-10(14-9)15-2/h3-5H,11H2,1-2H3. The lowest BCUT2D eigenvalue weighted by atomic mass is 10.1. The molecule has 2 aromatic rings. The fourth-order valence-corrected chi connectivity index (χ4v) is 1.57. The highest BCUT2D eigenvalue weighted by atomic mass is 32.2. The van der Waals surface area contributed by atoms with Gasteiger partial charge in [-0.25, -0.2) is 0 Å². The van der Waals surface area contributed by atoms with Crippen molar-refractivity contribution >= 4 is 17.4 Å². The number of thioether (sulfide) groups is 1. The Kier molecular flexibility index (Phi) is 2.64. The summed E-state index contributed by atoms with van der Waals surface area (Å²) in [5.74, 6) is 0.518. The maximum atomic E-state index is 5.80. The van der Waals surface area contributed by atoms with Crippen molar-refractivity contribution < 1.29 is 4.42 Å². The average Bonchev–Trinajstić information content (AvgIpc) is 2.70. The Morgan fingerprint density at radius 1 is 1.33 bits per heavy atom. The monoisotopic (exact) mass is 221 g/mol. The normalized spacial score (nSPS) is 10.5. The van der Waals surface area contributed by atoms with Crippen LogP contribution in [0.3, 0.4) is 0 Å². The van der Waals surface area contributed by atoms with Crippen LogP contribution >= 0.6 is 11.8 Å². The molecule has 0 aliphatic heterocycles. The third-order valence-electron chi connectivity index (χ3n) is 2.19. The number of nitrogen functional groups attached to an aromatic ring is 1. The molecule has 4 nitrogen and oxygen atoms in total. The van der Waals surface area contributed by atoms with Gasteiger partial charge in [-0.15, -0.1) is 10.2 Å². The van der Waals surface area contributed by atoms with Crippen LogP contribution in [0.4, 0.5) is 5.69 Å². The SMILES string of the molecule is CSc1nnc(-c2cccc(N)c2C)o1. The first-order valence-corrected chi connectivity index (χ1v) is 5.68. The molecule has 1 aromatic carbocycles. The van der Waals surface area contributed by atoms with E-state index in [9.17, 15) is 0 Å². The molecule has 2 rings (SSSR count). The molecule has 0 amide bonds. The van der Waals surface area contributed by atoms with E-state index < -0.39 is 0 Å². The minimum atomic E-state index is 0.518. The minimum Gasteiger partial charge on any atom is -0.411 e. The molecule has 0 radical (unpaired) electrons. The van der Waals surface area contributed by atoms with Gasteiger partial charge in [0, 0.05) is 11.3 Å². The van der Waals surface area contributed by atoms with Gasteiger partial charge in [0.05, 0.1) is 0 Å². The largest absolute Gasteiger partial charge is 0.411 e. The van der Waals surface area contributed by atoms with Gasteiger partial charge in [-0.2, -0.15) is 0 Å². The zero-order valence-corrected chi connectivity index (χ0v) is 9.34. The van der Waals surface area contributed by atoms with Crippen molar-refractivity contribution in [1.82, 2.24) is 10.2 Å². The average molecular weight is 221 g/mol. The van der Waals surface area contributed by atoms with Crippen LogP contribution in [0.1, 0.15) is 5.56 Å². The number of hydrogen-bond donors (Lipinski definition) is 1. The van der Waals surface area contributed by atoms with Gasteiger partial charge in [0.15, 0.2) is 0 Å². The molecule has 0 saturated carbocycles. The van der Waals surface area contributed by atoms with E-state index in [4.69, 9.17) is 10.2 Å². The lowest BCUT2D eigenvalue weighted by molar-refractivity contribution is 0.466. The molecule has 0 unspecified atom stereocenters. The highest BCUT2D eigenvalue weighted by Crippen LogP contribution is 2.27. The van der Waals surface area contributed by atoms with E-state index in [-0.39, 0.29) is 0 Å². The number of nitrogens with zero attached hydrogens (tertiary/aromatic N) is 2. The van der Waals surface area contributed by atoms with Gasteiger partial charge in [-0.3, -0.25) is 0 Å². The summed E-state index contributed by atoms with van der Waals surface area (Å²) in [5, 5.41) is 8.42. The topological polar surface area (TPSA) is 64.9 Å². The maximum Gasteiger partial charge on any atom is 0.276 e. The molecule has 0 atom stereocenters. The Bertz CT molecular complexity index is 481. The minimum absolute atomic E-state index is 0.518. The maximum absolute atomic E-state index is 5.80. The summed E-state index contributed by atoms with van der Waals surface area (Å²) in [7, 11) is 0. The van der Waals surface area contributed by atoms with Crippen LogP contribution in [-0.2, 0) is 0 Å². The molecule has 0 aliphatic rings. The van der Waals surface area contributed by atoms with Gasteiger partial charge in [-0.05, 0) is 30.9 Å². The van der Waals surface area contributed by atoms with Gasteiger partial charge in [0.25, 0.3) is 5.22 Å². The predicted molar refractivity (Wildman–Crippen MR) is 60.7 cm³/mol. The van der Waals surface area contributed by atoms with Crippen LogP contribution in [-0.4, -0.2) is 16.5 Å². The number of nitrogens with two attached hydrogens (primary N) is 1. The third-order valence-corrected chi connectivity index (χ3v) is 2.70. The van der Waals surface area contributed by atoms with Crippen LogP contribution in [0.2, 0.25) is 0 Å². The van der Waals surface area contributed by atoms with Crippen molar-refractivity contribution in [2.75, 3.05) is 12.0 Å². The first kappa shape index (κ1) is 10.0. The molecule has 1 heterocycles. The molecule has 0 fully saturated rings. The van der Waals surface area contributed by atoms with E-state index in [1.54, 1.807) is 0 Å². The fourth-order valence-electron chi connectivity index (χ4n) is 1.29. The summed E-state index contributed by atoms with van der Waals surface area (Å²) in [4.78, 5) is 0. The lowest BCUT2D eigenvalue weighted by Gasteiger charge is -2.03. The van der Waals surface area contributed by atoms with Crippen molar-refractivity contribution in [3.8, 4) is 11.5 Å². The molecular weight excluding hydrogens is 210 g/mol. The highest BCUT2D eigenvalue weighted by molar-refractivity contribution is 7.98. The van der Waals surface area contributed by atoms with Gasteiger partial charge in [0.2, 0.25) is 5.89 Å². The molecular formula is C10H11N3OS. The van der Waals surface area contributed by atoms with E-state index in [1.807, 2.05) is 31.4 Å². The highest BCUT2D eigenvalue weighted by Gasteiger charge is 2.11. The Labute approximate surface area is 91.9 Å². The van der Waals surface area contributed by atoms with E-state index in [0.29, 0.717) is 11.1 Å². The summed E-state index contributed by atoms with van der Waals surface area (Å²) in [6.45, 7) is 1.94. The Balaban J connectivity index is 2.49. The smallest absolute Gasteiger partial charge is 0.276 e. The zero-order chi connectivity index (χ0) is 10.8. The van der Waals surface area contributed by atoms with Crippen LogP contribution in [0.25, 0.3) is 11.5 Å². The summed E-state index contributed by atoms with van der Waals surface area (Å²) in [6.07, 6.45) is 1.89. The number of hydrogen-bond acceptors (Lipinski definition) is 5. The number of benzene rings is 1. The Morgan fingerprint density at radius 3 is 2.80 bits per heavy atom. The second-order valence-electron chi connectivity index (χ2n) is 3.10. The Morgan fingerprint density at radius 2 is 2.13 bits per heavy atom. The molecule has 2 N–H and O–H groups in total. The molecule has 0 aliphatic carbocycles. The van der Waals surface area contributed by atoms with Crippen LogP contribution in [0, 0.1) is 6.92 Å². The Hall–Kier alpha value is -1.49. The second kappa shape index (κ2) is 3.94. The molecule has 0 bridgehead atoms. The van der Waals surface area contributed by atoms with Crippen molar-refractivity contribution in [3.05, 3.63) is 23.8 Å². The first-order valence-electron chi connectivity index (χ1n) is 4.45. The summed E-state index contributed by atoms with van der Waals surface area (Å²) in [6, 6.07) is 5.65. The second-order valence-corrected chi connectivity index (χ2v) is 3.85. The zero-order valence-electron chi connectivity index (χ0n) is 8.52. The van der Waals surface area contributed by atoms with Gasteiger partial charge < -0.3 is 10.2 Å². The van der Waals surface area contributed by atoms with Gasteiger partial charge >= 0.3 is 0 Å². The van der Waals surface area contributed by atoms with Gasteiger partial charge in [0.1, 0.15) is 0 Å². The molecule has 78 valence electrons. The summed E-state index contributed by atoms with van der Waals surface area (Å²) >= 11 is 1.42. The van der Waals surface area contributed by atoms with E-state index in [0.717, 1.165) is 16.8 Å². The van der Waals surface area contributed by atoms with Crippen molar-refractivity contribution in [2.24, 2.45) is 0 Å². The molecule has 0 spiro atoms. The first-order chi connectivity index (χ1) is 7.22. The molecule has 0 saturated heterocycles. The molecule has 15 heavy (non-hydrogen) atoms. The number of anilines is 1. The van der Waals surface area contributed by atoms with Crippen LogP contribution < -0.4 is 5.73 Å². The number of aromatic nitrogens is 2. The summed E-state index contributed by atoms with van der Waals surface area (Å²) < 4.78 is 5.44. The summed E-state index contributed by atoms with van der Waals surface area (Å²) in [5.41, 5.74) is 8.39. The van der Waals surface area contributed by atoms with Crippen LogP contribution in [0.5, 0.6) is 0 Å². The fraction of sp³-hybridized carbons (Fsp3) is 0.200. The van der Waals surface area contributed by atoms with E-state index in [1.165, 1.54) is 11.8 Å². The van der Waals surface area contributed by atoms with E-state index >= 15 is 0 Å². The predicted octanol–water partition coefficient (Wildman–Crippen LogP) is 2.35. The van der Waals surface area contributed by atoms with Crippen molar-refractivity contribution in [3.63, 3.8) is 0 Å². The van der Waals surface area contributed by atoms with Gasteiger partial charge in [-0.1, -0.05) is 17.8 Å². The quantitative estimate of drug-likeness (QED) is 0.623. The number of rotatable bonds is 2. The van der Waals surface area contributed by atoms with Crippen molar-refractivity contribution in [2.45, 2.75) is 12.1 Å². The third kappa shape index (κ3) is 1.83. The van der Waals surface area contributed by atoms with E-state index in [2.05, 4.69) is 10.2 Å².